The van der Waals surface area contributed by atoms with Gasteiger partial charge in [-0.2, -0.15) is 8.75 Å². The standard InChI is InChI=1S/C14H17N3O2S/c1-19-9-10-3-2-6-17(8-10)14(18)11-4-5-12-13(7-11)16-20-15-12/h4-5,7,10H,2-3,6,8-9H2,1H3. The summed E-state index contributed by atoms with van der Waals surface area (Å²) in [6, 6.07) is 5.54. The molecule has 1 aromatic carbocycles. The molecule has 1 aliphatic rings. The number of likely N-dealkylation sites (tertiary alicyclic amines) is 1. The number of aromatic nitrogens is 2. The third-order valence-corrected chi connectivity index (χ3v) is 4.27. The van der Waals surface area contributed by atoms with Crippen molar-refractivity contribution >= 4 is 28.7 Å². The number of piperidine rings is 1. The summed E-state index contributed by atoms with van der Waals surface area (Å²) in [6.07, 6.45) is 2.17. The molecule has 0 spiro atoms. The highest BCUT2D eigenvalue weighted by atomic mass is 32.1. The normalized spacial score (nSPS) is 19.4. The van der Waals surface area contributed by atoms with Crippen molar-refractivity contribution in [2.75, 3.05) is 26.8 Å². The molecule has 0 saturated carbocycles. The Bertz CT molecular complexity index is 611. The lowest BCUT2D eigenvalue weighted by molar-refractivity contribution is 0.0571. The highest BCUT2D eigenvalue weighted by molar-refractivity contribution is 7.00. The quantitative estimate of drug-likeness (QED) is 0.870. The number of rotatable bonds is 3. The van der Waals surface area contributed by atoms with Crippen LogP contribution in [0.2, 0.25) is 0 Å². The molecule has 1 fully saturated rings. The third-order valence-electron chi connectivity index (χ3n) is 3.71. The summed E-state index contributed by atoms with van der Waals surface area (Å²) in [7, 11) is 1.71. The van der Waals surface area contributed by atoms with Gasteiger partial charge in [-0.25, -0.2) is 0 Å². The topological polar surface area (TPSA) is 55.3 Å². The van der Waals surface area contributed by atoms with Crippen molar-refractivity contribution in [3.8, 4) is 0 Å². The van der Waals surface area contributed by atoms with Crippen LogP contribution in [0.3, 0.4) is 0 Å². The molecule has 1 amide bonds. The number of ether oxygens (including phenoxy) is 1. The number of hydrogen-bond donors (Lipinski definition) is 0. The van der Waals surface area contributed by atoms with E-state index in [-0.39, 0.29) is 5.91 Å². The molecule has 1 saturated heterocycles. The maximum atomic E-state index is 12.6. The number of carbonyl (C=O) groups excluding carboxylic acids is 1. The molecule has 1 aromatic heterocycles. The first-order valence-electron chi connectivity index (χ1n) is 6.78. The van der Waals surface area contributed by atoms with Crippen molar-refractivity contribution in [3.63, 3.8) is 0 Å². The molecule has 0 bridgehead atoms. The number of carbonyl (C=O) groups is 1. The average Bonchev–Trinajstić information content (AvgIpc) is 2.94. The number of fused-ring (bicyclic) bond motifs is 1. The maximum absolute atomic E-state index is 12.6. The van der Waals surface area contributed by atoms with Gasteiger partial charge in [-0.3, -0.25) is 4.79 Å². The Kier molecular flexibility index (Phi) is 3.93. The van der Waals surface area contributed by atoms with Crippen molar-refractivity contribution in [1.82, 2.24) is 13.6 Å². The van der Waals surface area contributed by atoms with Crippen LogP contribution in [0.15, 0.2) is 18.2 Å². The Morgan fingerprint density at radius 1 is 1.45 bits per heavy atom. The zero-order valence-electron chi connectivity index (χ0n) is 11.4. The number of hydrogen-bond acceptors (Lipinski definition) is 5. The molecule has 5 nitrogen and oxygen atoms in total. The molecule has 2 aromatic rings. The number of nitrogens with zero attached hydrogens (tertiary/aromatic N) is 3. The monoisotopic (exact) mass is 291 g/mol. The molecule has 1 aliphatic heterocycles. The predicted molar refractivity (Wildman–Crippen MR) is 77.9 cm³/mol. The zero-order valence-corrected chi connectivity index (χ0v) is 12.2. The van der Waals surface area contributed by atoms with E-state index in [9.17, 15) is 4.79 Å². The molecular formula is C14H17N3O2S. The molecule has 20 heavy (non-hydrogen) atoms. The molecule has 6 heteroatoms. The van der Waals surface area contributed by atoms with Crippen LogP contribution in [0.25, 0.3) is 11.0 Å². The molecule has 0 radical (unpaired) electrons. The van der Waals surface area contributed by atoms with Crippen molar-refractivity contribution < 1.29 is 9.53 Å². The van der Waals surface area contributed by atoms with Crippen LogP contribution in [0.5, 0.6) is 0 Å². The summed E-state index contributed by atoms with van der Waals surface area (Å²) in [5.74, 6) is 0.531. The van der Waals surface area contributed by atoms with Crippen molar-refractivity contribution in [1.29, 1.82) is 0 Å². The van der Waals surface area contributed by atoms with E-state index in [1.807, 2.05) is 23.1 Å². The number of amides is 1. The molecule has 0 N–H and O–H groups in total. The van der Waals surface area contributed by atoms with Crippen LogP contribution < -0.4 is 0 Å². The van der Waals surface area contributed by atoms with Crippen LogP contribution >= 0.6 is 11.7 Å². The lowest BCUT2D eigenvalue weighted by Crippen LogP contribution is -2.41. The minimum atomic E-state index is 0.0840. The van der Waals surface area contributed by atoms with Gasteiger partial charge < -0.3 is 9.64 Å². The van der Waals surface area contributed by atoms with E-state index < -0.39 is 0 Å². The molecule has 1 atom stereocenters. The van der Waals surface area contributed by atoms with E-state index in [1.165, 1.54) is 11.7 Å². The summed E-state index contributed by atoms with van der Waals surface area (Å²) in [5, 5.41) is 0. The fourth-order valence-electron chi connectivity index (χ4n) is 2.72. The van der Waals surface area contributed by atoms with Gasteiger partial charge in [-0.1, -0.05) is 0 Å². The minimum absolute atomic E-state index is 0.0840. The summed E-state index contributed by atoms with van der Waals surface area (Å²) in [6.45, 7) is 2.32. The van der Waals surface area contributed by atoms with E-state index in [1.54, 1.807) is 7.11 Å². The molecule has 0 aliphatic carbocycles. The van der Waals surface area contributed by atoms with Gasteiger partial charge in [0.1, 0.15) is 11.0 Å². The van der Waals surface area contributed by atoms with Gasteiger partial charge in [0.25, 0.3) is 5.91 Å². The lowest BCUT2D eigenvalue weighted by Gasteiger charge is -2.32. The second-order valence-corrected chi connectivity index (χ2v) is 5.71. The Morgan fingerprint density at radius 3 is 3.15 bits per heavy atom. The Balaban J connectivity index is 1.77. The van der Waals surface area contributed by atoms with E-state index in [2.05, 4.69) is 8.75 Å². The van der Waals surface area contributed by atoms with Crippen molar-refractivity contribution in [3.05, 3.63) is 23.8 Å². The smallest absolute Gasteiger partial charge is 0.253 e. The maximum Gasteiger partial charge on any atom is 0.253 e. The SMILES string of the molecule is COCC1CCCN(C(=O)c2ccc3nsnc3c2)C1. The summed E-state index contributed by atoms with van der Waals surface area (Å²) in [5.41, 5.74) is 2.34. The van der Waals surface area contributed by atoms with E-state index in [4.69, 9.17) is 4.74 Å². The number of benzene rings is 1. The van der Waals surface area contributed by atoms with Gasteiger partial charge >= 0.3 is 0 Å². The van der Waals surface area contributed by atoms with E-state index in [0.29, 0.717) is 11.5 Å². The molecule has 2 heterocycles. The second kappa shape index (κ2) is 5.85. The van der Waals surface area contributed by atoms with Gasteiger partial charge in [0.2, 0.25) is 0 Å². The summed E-state index contributed by atoms with van der Waals surface area (Å²) < 4.78 is 13.6. The zero-order chi connectivity index (χ0) is 13.9. The van der Waals surface area contributed by atoms with E-state index in [0.717, 1.165) is 43.6 Å². The Labute approximate surface area is 121 Å². The first kappa shape index (κ1) is 13.5. The fourth-order valence-corrected chi connectivity index (χ4v) is 3.24. The van der Waals surface area contributed by atoms with Gasteiger partial charge in [0.15, 0.2) is 0 Å². The highest BCUT2D eigenvalue weighted by Crippen LogP contribution is 2.20. The predicted octanol–water partition coefficient (Wildman–Crippen LogP) is 2.19. The van der Waals surface area contributed by atoms with Gasteiger partial charge in [0, 0.05) is 25.8 Å². The van der Waals surface area contributed by atoms with E-state index >= 15 is 0 Å². The van der Waals surface area contributed by atoms with Crippen LogP contribution in [0, 0.1) is 5.92 Å². The third kappa shape index (κ3) is 2.66. The molecule has 1 unspecified atom stereocenters. The lowest BCUT2D eigenvalue weighted by atomic mass is 9.98. The van der Waals surface area contributed by atoms with Gasteiger partial charge in [-0.05, 0) is 37.0 Å². The first-order valence-corrected chi connectivity index (χ1v) is 7.51. The second-order valence-electron chi connectivity index (χ2n) is 5.18. The molecule has 106 valence electrons. The first-order chi connectivity index (χ1) is 9.78. The summed E-state index contributed by atoms with van der Waals surface area (Å²) in [4.78, 5) is 14.5. The van der Waals surface area contributed by atoms with Gasteiger partial charge in [0.05, 0.1) is 18.3 Å². The highest BCUT2D eigenvalue weighted by Gasteiger charge is 2.24. The minimum Gasteiger partial charge on any atom is -0.384 e. The Morgan fingerprint density at radius 2 is 2.30 bits per heavy atom. The fraction of sp³-hybridized carbons (Fsp3) is 0.500. The molecular weight excluding hydrogens is 274 g/mol. The van der Waals surface area contributed by atoms with Crippen LogP contribution in [0.4, 0.5) is 0 Å². The number of methoxy groups -OCH3 is 1. The van der Waals surface area contributed by atoms with Crippen LogP contribution in [-0.4, -0.2) is 46.4 Å². The van der Waals surface area contributed by atoms with Crippen molar-refractivity contribution in [2.45, 2.75) is 12.8 Å². The van der Waals surface area contributed by atoms with Crippen LogP contribution in [0.1, 0.15) is 23.2 Å². The average molecular weight is 291 g/mol. The summed E-state index contributed by atoms with van der Waals surface area (Å²) >= 11 is 1.17. The van der Waals surface area contributed by atoms with Gasteiger partial charge in [-0.15, -0.1) is 0 Å². The largest absolute Gasteiger partial charge is 0.384 e. The molecule has 3 rings (SSSR count). The Hall–Kier alpha value is -1.53. The van der Waals surface area contributed by atoms with Crippen molar-refractivity contribution in [2.24, 2.45) is 5.92 Å². The van der Waals surface area contributed by atoms with Crippen LogP contribution in [-0.2, 0) is 4.74 Å².